The Morgan fingerprint density at radius 1 is 1.50 bits per heavy atom. The van der Waals surface area contributed by atoms with Crippen LogP contribution >= 0.6 is 22.9 Å². The van der Waals surface area contributed by atoms with Gasteiger partial charge < -0.3 is 4.90 Å². The first-order valence-electron chi connectivity index (χ1n) is 6.69. The lowest BCUT2D eigenvalue weighted by Gasteiger charge is -2.34. The molecule has 1 saturated heterocycles. The number of carbonyl (C=O) groups is 1. The van der Waals surface area contributed by atoms with Gasteiger partial charge in [0.05, 0.1) is 0 Å². The molecule has 0 saturated carbocycles. The number of carbonyl (C=O) groups excluding carboxylic acids is 1. The van der Waals surface area contributed by atoms with Gasteiger partial charge in [-0.2, -0.15) is 0 Å². The molecule has 0 radical (unpaired) electrons. The predicted octanol–water partition coefficient (Wildman–Crippen LogP) is 3.69. The first-order valence-corrected chi connectivity index (χ1v) is 8.10. The zero-order chi connectivity index (χ0) is 12.8. The molecule has 2 rings (SSSR count). The van der Waals surface area contributed by atoms with E-state index in [0.29, 0.717) is 12.3 Å². The van der Waals surface area contributed by atoms with Crippen LogP contribution in [0.3, 0.4) is 0 Å². The van der Waals surface area contributed by atoms with Gasteiger partial charge in [-0.25, -0.2) is 0 Å². The SMILES string of the molecule is O=C(CCCc1cccs1)N1CCCCC1CCl. The van der Waals surface area contributed by atoms with E-state index in [9.17, 15) is 4.79 Å². The molecule has 1 aliphatic rings. The number of aryl methyl sites for hydroxylation is 1. The van der Waals surface area contributed by atoms with E-state index >= 15 is 0 Å². The molecule has 2 nitrogen and oxygen atoms in total. The topological polar surface area (TPSA) is 20.3 Å². The molecule has 0 bridgehead atoms. The van der Waals surface area contributed by atoms with Crippen molar-refractivity contribution in [3.8, 4) is 0 Å². The molecule has 2 heterocycles. The van der Waals surface area contributed by atoms with Crippen molar-refractivity contribution in [1.29, 1.82) is 0 Å². The Morgan fingerprint density at radius 3 is 3.11 bits per heavy atom. The second-order valence-electron chi connectivity index (χ2n) is 4.82. The second-order valence-corrected chi connectivity index (χ2v) is 6.16. The van der Waals surface area contributed by atoms with Gasteiger partial charge in [-0.15, -0.1) is 22.9 Å². The summed E-state index contributed by atoms with van der Waals surface area (Å²) >= 11 is 7.71. The summed E-state index contributed by atoms with van der Waals surface area (Å²) < 4.78 is 0. The minimum absolute atomic E-state index is 0.273. The molecule has 1 aliphatic heterocycles. The van der Waals surface area contributed by atoms with Crippen LogP contribution in [0.4, 0.5) is 0 Å². The molecule has 0 spiro atoms. The highest BCUT2D eigenvalue weighted by molar-refractivity contribution is 7.09. The summed E-state index contributed by atoms with van der Waals surface area (Å²) in [5, 5.41) is 2.09. The minimum Gasteiger partial charge on any atom is -0.339 e. The third kappa shape index (κ3) is 3.72. The fourth-order valence-electron chi connectivity index (χ4n) is 2.50. The number of alkyl halides is 1. The highest BCUT2D eigenvalue weighted by Crippen LogP contribution is 2.20. The van der Waals surface area contributed by atoms with Crippen LogP contribution in [0.2, 0.25) is 0 Å². The van der Waals surface area contributed by atoms with Crippen LogP contribution < -0.4 is 0 Å². The molecule has 0 N–H and O–H groups in total. The standard InChI is InChI=1S/C14H20ClNOS/c15-11-12-5-1-2-9-16(12)14(17)8-3-6-13-7-4-10-18-13/h4,7,10,12H,1-3,5-6,8-9,11H2. The van der Waals surface area contributed by atoms with E-state index in [0.717, 1.165) is 32.2 Å². The van der Waals surface area contributed by atoms with E-state index in [2.05, 4.69) is 17.5 Å². The number of piperidine rings is 1. The molecule has 1 amide bonds. The molecule has 1 atom stereocenters. The second kappa shape index (κ2) is 7.15. The van der Waals surface area contributed by atoms with E-state index in [1.165, 1.54) is 11.3 Å². The van der Waals surface area contributed by atoms with E-state index in [4.69, 9.17) is 11.6 Å². The fourth-order valence-corrected chi connectivity index (χ4v) is 3.57. The van der Waals surface area contributed by atoms with Gasteiger partial charge in [0.25, 0.3) is 0 Å². The number of amides is 1. The van der Waals surface area contributed by atoms with Gasteiger partial charge in [-0.3, -0.25) is 4.79 Å². The largest absolute Gasteiger partial charge is 0.339 e. The van der Waals surface area contributed by atoms with Crippen LogP contribution in [0, 0.1) is 0 Å². The maximum absolute atomic E-state index is 12.2. The normalized spacial score (nSPS) is 20.1. The van der Waals surface area contributed by atoms with Gasteiger partial charge in [-0.05, 0) is 43.6 Å². The van der Waals surface area contributed by atoms with E-state index in [-0.39, 0.29) is 11.9 Å². The van der Waals surface area contributed by atoms with Crippen molar-refractivity contribution >= 4 is 28.8 Å². The highest BCUT2D eigenvalue weighted by Gasteiger charge is 2.25. The molecule has 100 valence electrons. The third-order valence-corrected chi connectivity index (χ3v) is 4.81. The first-order chi connectivity index (χ1) is 8.81. The molecule has 4 heteroatoms. The van der Waals surface area contributed by atoms with Crippen LogP contribution in [-0.2, 0) is 11.2 Å². The number of likely N-dealkylation sites (tertiary alicyclic amines) is 1. The quantitative estimate of drug-likeness (QED) is 0.756. The Kier molecular flexibility index (Phi) is 5.51. The Bertz CT molecular complexity index is 366. The van der Waals surface area contributed by atoms with Crippen molar-refractivity contribution in [2.24, 2.45) is 0 Å². The summed E-state index contributed by atoms with van der Waals surface area (Å²) in [6.07, 6.45) is 6.03. The van der Waals surface area contributed by atoms with Crippen LogP contribution in [0.25, 0.3) is 0 Å². The summed E-state index contributed by atoms with van der Waals surface area (Å²) in [4.78, 5) is 15.5. The summed E-state index contributed by atoms with van der Waals surface area (Å²) in [6.45, 7) is 0.898. The Hall–Kier alpha value is -0.540. The van der Waals surface area contributed by atoms with Gasteiger partial charge in [0, 0.05) is 29.8 Å². The lowest BCUT2D eigenvalue weighted by molar-refractivity contribution is -0.134. The van der Waals surface area contributed by atoms with Gasteiger partial charge in [-0.1, -0.05) is 6.07 Å². The summed E-state index contributed by atoms with van der Waals surface area (Å²) in [7, 11) is 0. The molecule has 1 unspecified atom stereocenters. The van der Waals surface area contributed by atoms with Crippen molar-refractivity contribution < 1.29 is 4.79 Å². The first kappa shape index (κ1) is 13.9. The van der Waals surface area contributed by atoms with Crippen LogP contribution in [0.5, 0.6) is 0 Å². The summed E-state index contributed by atoms with van der Waals surface area (Å²) in [5.41, 5.74) is 0. The number of hydrogen-bond acceptors (Lipinski definition) is 2. The zero-order valence-electron chi connectivity index (χ0n) is 10.6. The van der Waals surface area contributed by atoms with Crippen molar-refractivity contribution in [3.63, 3.8) is 0 Å². The van der Waals surface area contributed by atoms with Crippen molar-refractivity contribution in [1.82, 2.24) is 4.90 Å². The zero-order valence-corrected chi connectivity index (χ0v) is 12.2. The molecule has 18 heavy (non-hydrogen) atoms. The molecular formula is C14H20ClNOS. The lowest BCUT2D eigenvalue weighted by atomic mass is 10.0. The summed E-state index contributed by atoms with van der Waals surface area (Å²) in [6, 6.07) is 4.47. The molecule has 0 aliphatic carbocycles. The average molecular weight is 286 g/mol. The number of thiophene rings is 1. The molecule has 1 aromatic heterocycles. The Morgan fingerprint density at radius 2 is 2.39 bits per heavy atom. The average Bonchev–Trinajstić information content (AvgIpc) is 2.91. The van der Waals surface area contributed by atoms with E-state index in [1.54, 1.807) is 11.3 Å². The number of hydrogen-bond donors (Lipinski definition) is 0. The van der Waals surface area contributed by atoms with Crippen LogP contribution in [-0.4, -0.2) is 29.3 Å². The van der Waals surface area contributed by atoms with Gasteiger partial charge in [0.2, 0.25) is 5.91 Å². The smallest absolute Gasteiger partial charge is 0.222 e. The molecule has 1 aromatic rings. The van der Waals surface area contributed by atoms with Crippen LogP contribution in [0.15, 0.2) is 17.5 Å². The van der Waals surface area contributed by atoms with Crippen molar-refractivity contribution in [2.45, 2.75) is 44.6 Å². The Labute approximate surface area is 118 Å². The van der Waals surface area contributed by atoms with Gasteiger partial charge in [0.1, 0.15) is 0 Å². The number of nitrogens with zero attached hydrogens (tertiary/aromatic N) is 1. The summed E-state index contributed by atoms with van der Waals surface area (Å²) in [5.74, 6) is 0.869. The van der Waals surface area contributed by atoms with E-state index < -0.39 is 0 Å². The predicted molar refractivity (Wildman–Crippen MR) is 77.3 cm³/mol. The monoisotopic (exact) mass is 285 g/mol. The molecule has 1 fully saturated rings. The number of rotatable bonds is 5. The highest BCUT2D eigenvalue weighted by atomic mass is 35.5. The van der Waals surface area contributed by atoms with Gasteiger partial charge in [0.15, 0.2) is 0 Å². The maximum atomic E-state index is 12.2. The maximum Gasteiger partial charge on any atom is 0.222 e. The van der Waals surface area contributed by atoms with Crippen LogP contribution in [0.1, 0.15) is 37.0 Å². The minimum atomic E-state index is 0.273. The molecular weight excluding hydrogens is 266 g/mol. The third-order valence-electron chi connectivity index (χ3n) is 3.52. The lowest BCUT2D eigenvalue weighted by Crippen LogP contribution is -2.44. The number of halogens is 1. The van der Waals surface area contributed by atoms with Gasteiger partial charge >= 0.3 is 0 Å². The van der Waals surface area contributed by atoms with Crippen molar-refractivity contribution in [2.75, 3.05) is 12.4 Å². The van der Waals surface area contributed by atoms with Crippen molar-refractivity contribution in [3.05, 3.63) is 22.4 Å². The molecule has 0 aromatic carbocycles. The fraction of sp³-hybridized carbons (Fsp3) is 0.643. The van der Waals surface area contributed by atoms with E-state index in [1.807, 2.05) is 4.90 Å². The Balaban J connectivity index is 1.76.